The van der Waals surface area contributed by atoms with Crippen molar-refractivity contribution in [2.75, 3.05) is 13.2 Å². The van der Waals surface area contributed by atoms with Crippen molar-refractivity contribution in [2.45, 2.75) is 12.8 Å². The third-order valence-corrected chi connectivity index (χ3v) is 3.60. The van der Waals surface area contributed by atoms with E-state index in [0.29, 0.717) is 29.5 Å². The maximum absolute atomic E-state index is 12.3. The van der Waals surface area contributed by atoms with E-state index in [1.807, 2.05) is 6.07 Å². The smallest absolute Gasteiger partial charge is 0.338 e. The predicted octanol–water partition coefficient (Wildman–Crippen LogP) is 3.58. The lowest BCUT2D eigenvalue weighted by Crippen LogP contribution is -2.09. The van der Waals surface area contributed by atoms with Crippen LogP contribution in [-0.4, -0.2) is 30.9 Å². The lowest BCUT2D eigenvalue weighted by molar-refractivity contribution is -0.137. The molecular formula is C21H20O5. The molecule has 2 aromatic carbocycles. The number of ether oxygens (including phenoxy) is 2. The molecule has 0 saturated heterocycles. The molecule has 0 heterocycles. The van der Waals surface area contributed by atoms with Gasteiger partial charge in [0.05, 0.1) is 18.8 Å². The molecule has 0 fully saturated rings. The lowest BCUT2D eigenvalue weighted by atomic mass is 10.0. The Bertz CT molecular complexity index is 763. The number of hydrogen-bond acceptors (Lipinski definition) is 5. The Kier molecular flexibility index (Phi) is 7.31. The van der Waals surface area contributed by atoms with Gasteiger partial charge in [-0.3, -0.25) is 4.79 Å². The average molecular weight is 352 g/mol. The van der Waals surface area contributed by atoms with E-state index >= 15 is 0 Å². The van der Waals surface area contributed by atoms with Gasteiger partial charge < -0.3 is 9.47 Å². The number of carbonyl (C=O) groups excluding carboxylic acids is 3. The van der Waals surface area contributed by atoms with Crippen LogP contribution in [0, 0.1) is 0 Å². The third-order valence-electron chi connectivity index (χ3n) is 3.60. The van der Waals surface area contributed by atoms with Gasteiger partial charge in [-0.05, 0) is 25.0 Å². The average Bonchev–Trinajstić information content (AvgIpc) is 2.70. The second-order valence-corrected chi connectivity index (χ2v) is 5.49. The van der Waals surface area contributed by atoms with Crippen molar-refractivity contribution in [1.82, 2.24) is 0 Å². The molecule has 5 heteroatoms. The molecule has 0 aliphatic rings. The van der Waals surface area contributed by atoms with Gasteiger partial charge >= 0.3 is 11.9 Å². The highest BCUT2D eigenvalue weighted by Crippen LogP contribution is 2.12. The van der Waals surface area contributed by atoms with Crippen LogP contribution in [0.3, 0.4) is 0 Å². The Labute approximate surface area is 152 Å². The number of carbonyl (C=O) groups is 3. The van der Waals surface area contributed by atoms with E-state index in [9.17, 15) is 14.4 Å². The number of benzene rings is 2. The monoisotopic (exact) mass is 352 g/mol. The summed E-state index contributed by atoms with van der Waals surface area (Å²) in [6, 6.07) is 15.3. The van der Waals surface area contributed by atoms with Crippen molar-refractivity contribution in [3.8, 4) is 0 Å². The zero-order chi connectivity index (χ0) is 18.8. The van der Waals surface area contributed by atoms with Crippen molar-refractivity contribution >= 4 is 17.7 Å². The van der Waals surface area contributed by atoms with Gasteiger partial charge in [-0.25, -0.2) is 9.59 Å². The molecule has 0 spiro atoms. The van der Waals surface area contributed by atoms with Crippen molar-refractivity contribution in [3.05, 3.63) is 83.9 Å². The largest absolute Gasteiger partial charge is 0.463 e. The summed E-state index contributed by atoms with van der Waals surface area (Å²) in [5, 5.41) is 0. The minimum Gasteiger partial charge on any atom is -0.463 e. The summed E-state index contributed by atoms with van der Waals surface area (Å²) in [5.74, 6) is -1.02. The summed E-state index contributed by atoms with van der Waals surface area (Å²) in [7, 11) is 0. The Morgan fingerprint density at radius 3 is 1.92 bits per heavy atom. The topological polar surface area (TPSA) is 69.7 Å². The second-order valence-electron chi connectivity index (χ2n) is 5.49. The number of ketones is 1. The van der Waals surface area contributed by atoms with Gasteiger partial charge in [0, 0.05) is 17.2 Å². The number of esters is 2. The minimum absolute atomic E-state index is 0.0976. The minimum atomic E-state index is -0.466. The van der Waals surface area contributed by atoms with Gasteiger partial charge in [0.15, 0.2) is 5.78 Å². The number of unbranched alkanes of at least 4 members (excludes halogenated alkanes) is 1. The summed E-state index contributed by atoms with van der Waals surface area (Å²) < 4.78 is 9.99. The normalized spacial score (nSPS) is 10.0. The van der Waals surface area contributed by atoms with Crippen molar-refractivity contribution in [1.29, 1.82) is 0 Å². The van der Waals surface area contributed by atoms with E-state index < -0.39 is 11.9 Å². The molecule has 2 rings (SSSR count). The molecule has 0 aliphatic carbocycles. The molecule has 26 heavy (non-hydrogen) atoms. The second kappa shape index (κ2) is 9.93. The molecule has 0 N–H and O–H groups in total. The highest BCUT2D eigenvalue weighted by Gasteiger charge is 2.11. The predicted molar refractivity (Wildman–Crippen MR) is 97.0 cm³/mol. The molecule has 0 unspecified atom stereocenters. The Morgan fingerprint density at radius 1 is 0.769 bits per heavy atom. The highest BCUT2D eigenvalue weighted by molar-refractivity contribution is 6.09. The quantitative estimate of drug-likeness (QED) is 0.299. The van der Waals surface area contributed by atoms with E-state index in [1.54, 1.807) is 48.5 Å². The number of rotatable bonds is 9. The van der Waals surface area contributed by atoms with Crippen LogP contribution >= 0.6 is 0 Å². The van der Waals surface area contributed by atoms with Crippen LogP contribution in [0.1, 0.15) is 39.1 Å². The molecule has 0 aromatic heterocycles. The SMILES string of the molecule is C=CC(=O)OCCCCOC(=O)c1ccc(C(=O)c2ccccc2)cc1. The molecule has 0 saturated carbocycles. The first kappa shape index (κ1) is 19.1. The molecule has 0 atom stereocenters. The van der Waals surface area contributed by atoms with E-state index in [4.69, 9.17) is 9.47 Å². The van der Waals surface area contributed by atoms with Gasteiger partial charge in [-0.2, -0.15) is 0 Å². The summed E-state index contributed by atoms with van der Waals surface area (Å²) in [4.78, 5) is 35.1. The fourth-order valence-electron chi connectivity index (χ4n) is 2.20. The fourth-order valence-corrected chi connectivity index (χ4v) is 2.20. The fraction of sp³-hybridized carbons (Fsp3) is 0.190. The van der Waals surface area contributed by atoms with E-state index in [1.165, 1.54) is 0 Å². The zero-order valence-electron chi connectivity index (χ0n) is 14.4. The molecule has 0 bridgehead atoms. The van der Waals surface area contributed by atoms with E-state index in [0.717, 1.165) is 6.08 Å². The van der Waals surface area contributed by atoms with Gasteiger partial charge in [0.25, 0.3) is 0 Å². The van der Waals surface area contributed by atoms with Gasteiger partial charge in [-0.15, -0.1) is 0 Å². The van der Waals surface area contributed by atoms with Crippen molar-refractivity contribution in [3.63, 3.8) is 0 Å². The zero-order valence-corrected chi connectivity index (χ0v) is 14.4. The molecule has 0 amide bonds. The molecular weight excluding hydrogens is 332 g/mol. The van der Waals surface area contributed by atoms with E-state index in [2.05, 4.69) is 6.58 Å². The molecule has 0 radical (unpaired) electrons. The summed E-state index contributed by atoms with van der Waals surface area (Å²) >= 11 is 0. The van der Waals surface area contributed by atoms with Crippen LogP contribution in [0.5, 0.6) is 0 Å². The van der Waals surface area contributed by atoms with Crippen molar-refractivity contribution in [2.24, 2.45) is 0 Å². The van der Waals surface area contributed by atoms with Crippen LogP contribution in [0.4, 0.5) is 0 Å². The van der Waals surface area contributed by atoms with Gasteiger partial charge in [0.2, 0.25) is 0 Å². The van der Waals surface area contributed by atoms with Crippen molar-refractivity contribution < 1.29 is 23.9 Å². The Balaban J connectivity index is 1.79. The summed E-state index contributed by atoms with van der Waals surface area (Å²) in [5.41, 5.74) is 1.49. The Hall–Kier alpha value is -3.21. The molecule has 2 aromatic rings. The maximum atomic E-state index is 12.3. The summed E-state index contributed by atoms with van der Waals surface area (Å²) in [6.45, 7) is 3.80. The molecule has 5 nitrogen and oxygen atoms in total. The maximum Gasteiger partial charge on any atom is 0.338 e. The first-order valence-electron chi connectivity index (χ1n) is 8.28. The standard InChI is InChI=1S/C21H20O5/c1-2-19(22)25-14-6-7-15-26-21(24)18-12-10-17(11-13-18)20(23)16-8-4-3-5-9-16/h2-5,8-13H,1,6-7,14-15H2. The first-order valence-corrected chi connectivity index (χ1v) is 8.28. The summed E-state index contributed by atoms with van der Waals surface area (Å²) in [6.07, 6.45) is 2.28. The molecule has 0 aliphatic heterocycles. The Morgan fingerprint density at radius 2 is 1.31 bits per heavy atom. The highest BCUT2D eigenvalue weighted by atomic mass is 16.5. The lowest BCUT2D eigenvalue weighted by Gasteiger charge is -2.06. The van der Waals surface area contributed by atoms with Crippen LogP contribution in [0.2, 0.25) is 0 Å². The first-order chi connectivity index (χ1) is 12.6. The van der Waals surface area contributed by atoms with Crippen LogP contribution < -0.4 is 0 Å². The van der Waals surface area contributed by atoms with Crippen LogP contribution in [-0.2, 0) is 14.3 Å². The third kappa shape index (κ3) is 5.70. The van der Waals surface area contributed by atoms with E-state index in [-0.39, 0.29) is 19.0 Å². The van der Waals surface area contributed by atoms with Gasteiger partial charge in [-0.1, -0.05) is 49.0 Å². The molecule has 134 valence electrons. The number of hydrogen-bond donors (Lipinski definition) is 0. The van der Waals surface area contributed by atoms with Crippen LogP contribution in [0.15, 0.2) is 67.3 Å². The van der Waals surface area contributed by atoms with Gasteiger partial charge in [0.1, 0.15) is 0 Å². The van der Waals surface area contributed by atoms with Crippen LogP contribution in [0.25, 0.3) is 0 Å².